The van der Waals surface area contributed by atoms with Crippen molar-refractivity contribution in [1.29, 1.82) is 0 Å². The van der Waals surface area contributed by atoms with Gasteiger partial charge in [0.2, 0.25) is 5.91 Å². The Balaban J connectivity index is 1.41. The number of hydrogen-bond acceptors (Lipinski definition) is 6. The van der Waals surface area contributed by atoms with E-state index in [4.69, 9.17) is 0 Å². The number of hydrogen-bond donors (Lipinski definition) is 0. The van der Waals surface area contributed by atoms with Crippen LogP contribution in [0.15, 0.2) is 12.4 Å². The highest BCUT2D eigenvalue weighted by atomic mass is 33.1. The van der Waals surface area contributed by atoms with Gasteiger partial charge in [0, 0.05) is 49.7 Å². The zero-order chi connectivity index (χ0) is 19.3. The van der Waals surface area contributed by atoms with Gasteiger partial charge in [0.1, 0.15) is 17.8 Å². The quantitative estimate of drug-likeness (QED) is 0.515. The molecule has 10 heteroatoms. The molecule has 0 bridgehead atoms. The summed E-state index contributed by atoms with van der Waals surface area (Å²) in [5, 5.41) is 0.739. The molecule has 150 valence electrons. The first-order valence-electron chi connectivity index (χ1n) is 9.14. The van der Waals surface area contributed by atoms with Crippen LogP contribution in [0.25, 0.3) is 0 Å². The monoisotopic (exact) mass is 420 g/mol. The molecule has 2 aliphatic rings. The van der Waals surface area contributed by atoms with Crippen LogP contribution in [0.1, 0.15) is 37.8 Å². The molecule has 3 heterocycles. The van der Waals surface area contributed by atoms with E-state index < -0.39 is 11.9 Å². The third-order valence-corrected chi connectivity index (χ3v) is 7.80. The number of carbonyl (C=O) groups excluding carboxylic acids is 1. The maximum atomic E-state index is 12.8. The summed E-state index contributed by atoms with van der Waals surface area (Å²) >= 11 is 0. The topological polar surface area (TPSA) is 49.3 Å². The van der Waals surface area contributed by atoms with Crippen LogP contribution in [-0.4, -0.2) is 58.0 Å². The maximum absolute atomic E-state index is 12.8. The summed E-state index contributed by atoms with van der Waals surface area (Å²) < 4.78 is 38.4. The van der Waals surface area contributed by atoms with Crippen LogP contribution >= 0.6 is 21.6 Å². The minimum Gasteiger partial charge on any atom is -0.353 e. The molecule has 0 unspecified atom stereocenters. The molecule has 2 aliphatic heterocycles. The zero-order valence-electron chi connectivity index (χ0n) is 15.0. The van der Waals surface area contributed by atoms with Crippen molar-refractivity contribution < 1.29 is 18.0 Å². The Kier molecular flexibility index (Phi) is 7.13. The number of anilines is 1. The Morgan fingerprint density at radius 3 is 2.63 bits per heavy atom. The van der Waals surface area contributed by atoms with E-state index in [1.54, 1.807) is 4.90 Å². The van der Waals surface area contributed by atoms with E-state index in [-0.39, 0.29) is 11.7 Å². The number of carbonyl (C=O) groups is 1. The van der Waals surface area contributed by atoms with Gasteiger partial charge in [0.25, 0.3) is 0 Å². The molecule has 2 saturated heterocycles. The first-order valence-corrected chi connectivity index (χ1v) is 11.5. The van der Waals surface area contributed by atoms with Gasteiger partial charge in [-0.2, -0.15) is 13.2 Å². The van der Waals surface area contributed by atoms with Crippen molar-refractivity contribution in [2.24, 2.45) is 0 Å². The van der Waals surface area contributed by atoms with Gasteiger partial charge in [0.15, 0.2) is 0 Å². The summed E-state index contributed by atoms with van der Waals surface area (Å²) in [7, 11) is 3.90. The third-order valence-electron chi connectivity index (χ3n) is 4.79. The number of nitrogens with zero attached hydrogens (tertiary/aromatic N) is 4. The highest BCUT2D eigenvalue weighted by Crippen LogP contribution is 2.39. The number of alkyl halides is 3. The Morgan fingerprint density at radius 2 is 1.96 bits per heavy atom. The smallest absolute Gasteiger partial charge is 0.353 e. The summed E-state index contributed by atoms with van der Waals surface area (Å²) in [5.41, 5.74) is -0.940. The number of unbranched alkanes of at least 4 members (excludes halogenated alkanes) is 1. The van der Waals surface area contributed by atoms with Crippen LogP contribution in [0.2, 0.25) is 0 Å². The van der Waals surface area contributed by atoms with Gasteiger partial charge in [0.05, 0.1) is 0 Å². The molecule has 0 saturated carbocycles. The van der Waals surface area contributed by atoms with Gasteiger partial charge in [-0.25, -0.2) is 9.97 Å². The lowest BCUT2D eigenvalue weighted by Gasteiger charge is -2.35. The van der Waals surface area contributed by atoms with E-state index in [0.29, 0.717) is 32.6 Å². The molecule has 1 aromatic rings. The lowest BCUT2D eigenvalue weighted by molar-refractivity contribution is -0.141. The van der Waals surface area contributed by atoms with Crippen molar-refractivity contribution in [3.8, 4) is 0 Å². The van der Waals surface area contributed by atoms with Crippen molar-refractivity contribution in [2.45, 2.75) is 43.5 Å². The fourth-order valence-corrected chi connectivity index (χ4v) is 6.26. The molecule has 0 radical (unpaired) electrons. The van der Waals surface area contributed by atoms with Gasteiger partial charge in [-0.3, -0.25) is 4.79 Å². The van der Waals surface area contributed by atoms with E-state index in [1.165, 1.54) is 18.6 Å². The zero-order valence-corrected chi connectivity index (χ0v) is 16.6. The van der Waals surface area contributed by atoms with E-state index >= 15 is 0 Å². The van der Waals surface area contributed by atoms with E-state index in [2.05, 4.69) is 9.97 Å². The average Bonchev–Trinajstić information content (AvgIpc) is 3.18. The molecule has 0 spiro atoms. The predicted octanol–water partition coefficient (Wildman–Crippen LogP) is 3.86. The number of aromatic nitrogens is 2. The maximum Gasteiger partial charge on any atom is 0.433 e. The molecule has 3 rings (SSSR count). The predicted molar refractivity (Wildman–Crippen MR) is 103 cm³/mol. The molecule has 1 aromatic heterocycles. The minimum absolute atomic E-state index is 0.141. The van der Waals surface area contributed by atoms with Crippen LogP contribution in [0.5, 0.6) is 0 Å². The standard InChI is InChI=1S/C17H23F3N4OS2/c18-17(19,20)14-11-15(22-12-21-14)23-6-8-24(9-7-23)16(25)4-2-1-3-13-5-10-26-27-13/h11-13H,1-10H2/t13-/m0/s1. The molecular weight excluding hydrogens is 397 g/mol. The molecule has 2 fully saturated rings. The van der Waals surface area contributed by atoms with Crippen molar-refractivity contribution in [1.82, 2.24) is 14.9 Å². The fourth-order valence-electron chi connectivity index (χ4n) is 3.23. The molecule has 0 aromatic carbocycles. The fraction of sp³-hybridized carbons (Fsp3) is 0.706. The first kappa shape index (κ1) is 20.6. The third kappa shape index (κ3) is 5.91. The minimum atomic E-state index is -4.48. The highest BCUT2D eigenvalue weighted by Gasteiger charge is 2.33. The second kappa shape index (κ2) is 9.36. The molecule has 27 heavy (non-hydrogen) atoms. The Labute approximate surface area is 164 Å². The van der Waals surface area contributed by atoms with Crippen molar-refractivity contribution in [2.75, 3.05) is 36.8 Å². The second-order valence-corrected chi connectivity index (χ2v) is 9.49. The van der Waals surface area contributed by atoms with Crippen LogP contribution < -0.4 is 4.90 Å². The lowest BCUT2D eigenvalue weighted by atomic mass is 10.1. The number of rotatable bonds is 6. The Bertz CT molecular complexity index is 633. The van der Waals surface area contributed by atoms with E-state index in [9.17, 15) is 18.0 Å². The number of piperazine rings is 1. The van der Waals surface area contributed by atoms with Gasteiger partial charge in [-0.05, 0) is 19.3 Å². The van der Waals surface area contributed by atoms with Crippen molar-refractivity contribution in [3.63, 3.8) is 0 Å². The molecule has 5 nitrogen and oxygen atoms in total. The SMILES string of the molecule is O=C(CCCC[C@H]1CCSS1)N1CCN(c2cc(C(F)(F)F)ncn2)CC1. The van der Waals surface area contributed by atoms with E-state index in [0.717, 1.165) is 30.5 Å². The number of amides is 1. The van der Waals surface area contributed by atoms with Crippen LogP contribution in [-0.2, 0) is 11.0 Å². The molecular formula is C17H23F3N4OS2. The van der Waals surface area contributed by atoms with Gasteiger partial charge in [-0.1, -0.05) is 28.0 Å². The van der Waals surface area contributed by atoms with E-state index in [1.807, 2.05) is 26.5 Å². The summed E-state index contributed by atoms with van der Waals surface area (Å²) in [5.74, 6) is 1.63. The van der Waals surface area contributed by atoms with Gasteiger partial charge in [-0.15, -0.1) is 0 Å². The highest BCUT2D eigenvalue weighted by molar-refractivity contribution is 8.77. The van der Waals surface area contributed by atoms with Crippen molar-refractivity contribution in [3.05, 3.63) is 18.1 Å². The van der Waals surface area contributed by atoms with Crippen molar-refractivity contribution >= 4 is 33.3 Å². The molecule has 1 atom stereocenters. The summed E-state index contributed by atoms with van der Waals surface area (Å²) in [6.07, 6.45) is 1.43. The molecule has 0 aliphatic carbocycles. The van der Waals surface area contributed by atoms with Crippen LogP contribution in [0.4, 0.5) is 19.0 Å². The number of halogens is 3. The normalized spacial score (nSPS) is 20.9. The Morgan fingerprint density at radius 1 is 1.19 bits per heavy atom. The summed E-state index contributed by atoms with van der Waals surface area (Å²) in [6.45, 7) is 1.99. The van der Waals surface area contributed by atoms with Crippen LogP contribution in [0, 0.1) is 0 Å². The van der Waals surface area contributed by atoms with Gasteiger partial charge >= 0.3 is 6.18 Å². The summed E-state index contributed by atoms with van der Waals surface area (Å²) in [6, 6.07) is 0.969. The van der Waals surface area contributed by atoms with Crippen LogP contribution in [0.3, 0.4) is 0 Å². The second-order valence-electron chi connectivity index (χ2n) is 6.70. The molecule has 1 amide bonds. The first-order chi connectivity index (χ1) is 12.9. The Hall–Kier alpha value is -1.16. The largest absolute Gasteiger partial charge is 0.433 e. The molecule has 0 N–H and O–H groups in total. The average molecular weight is 421 g/mol. The summed E-state index contributed by atoms with van der Waals surface area (Å²) in [4.78, 5) is 23.2. The lowest BCUT2D eigenvalue weighted by Crippen LogP contribution is -2.49. The van der Waals surface area contributed by atoms with Gasteiger partial charge < -0.3 is 9.80 Å².